The molecule has 110 valence electrons. The third-order valence-electron chi connectivity index (χ3n) is 3.45. The molecule has 5 heteroatoms. The van der Waals surface area contributed by atoms with Crippen molar-refractivity contribution < 1.29 is 9.36 Å². The summed E-state index contributed by atoms with van der Waals surface area (Å²) in [5, 5.41) is 0.881. The molecule has 0 fully saturated rings. The fourth-order valence-corrected chi connectivity index (χ4v) is 2.86. The number of ketones is 1. The molecule has 1 aromatic heterocycles. The van der Waals surface area contributed by atoms with E-state index in [1.807, 2.05) is 29.7 Å². The number of aryl methyl sites for hydroxylation is 1. The molecule has 3 aromatic rings. The summed E-state index contributed by atoms with van der Waals surface area (Å²) >= 11 is 12.0. The van der Waals surface area contributed by atoms with Gasteiger partial charge in [0.1, 0.15) is 5.52 Å². The minimum absolute atomic E-state index is 0.0697. The molecule has 0 spiro atoms. The van der Waals surface area contributed by atoms with Gasteiger partial charge in [0, 0.05) is 16.7 Å². The van der Waals surface area contributed by atoms with E-state index < -0.39 is 0 Å². The molecule has 22 heavy (non-hydrogen) atoms. The Balaban J connectivity index is 1.97. The molecular formula is C17H13Cl2N2O+. The van der Waals surface area contributed by atoms with Crippen LogP contribution in [0.3, 0.4) is 0 Å². The molecule has 3 rings (SSSR count). The largest absolute Gasteiger partial charge is 0.287 e. The van der Waals surface area contributed by atoms with E-state index in [0.717, 1.165) is 16.6 Å². The molecule has 0 bridgehead atoms. The van der Waals surface area contributed by atoms with Crippen molar-refractivity contribution in [3.63, 3.8) is 0 Å². The second-order valence-corrected chi connectivity index (χ2v) is 5.94. The number of hydrogen-bond acceptors (Lipinski definition) is 2. The number of hydrogen-bond donors (Lipinski definition) is 0. The summed E-state index contributed by atoms with van der Waals surface area (Å²) in [7, 11) is 0. The summed E-state index contributed by atoms with van der Waals surface area (Å²) < 4.78 is 1.87. The summed E-state index contributed by atoms with van der Waals surface area (Å²) in [6, 6.07) is 10.9. The second-order valence-electron chi connectivity index (χ2n) is 5.09. The van der Waals surface area contributed by atoms with Gasteiger partial charge in [0.05, 0.1) is 11.2 Å². The van der Waals surface area contributed by atoms with Gasteiger partial charge in [-0.3, -0.25) is 4.79 Å². The Morgan fingerprint density at radius 3 is 2.77 bits per heavy atom. The van der Waals surface area contributed by atoms with E-state index in [-0.39, 0.29) is 12.3 Å². The first-order valence-electron chi connectivity index (χ1n) is 6.77. The maximum atomic E-state index is 12.5. The van der Waals surface area contributed by atoms with Crippen LogP contribution in [0.1, 0.15) is 15.9 Å². The SMILES string of the molecule is Cc1ccc2c(c1)ncc[n+]2CC(=O)c1ccc(Cl)cc1Cl. The van der Waals surface area contributed by atoms with Gasteiger partial charge in [-0.25, -0.2) is 4.98 Å². The Labute approximate surface area is 138 Å². The van der Waals surface area contributed by atoms with Crippen molar-refractivity contribution in [3.05, 3.63) is 70.0 Å². The van der Waals surface area contributed by atoms with E-state index in [1.165, 1.54) is 0 Å². The third-order valence-corrected chi connectivity index (χ3v) is 3.99. The number of halogens is 2. The van der Waals surface area contributed by atoms with Gasteiger partial charge in [-0.15, -0.1) is 0 Å². The highest BCUT2D eigenvalue weighted by molar-refractivity contribution is 6.36. The molecule has 0 amide bonds. The lowest BCUT2D eigenvalue weighted by Gasteiger charge is -2.04. The molecule has 0 saturated carbocycles. The first-order valence-corrected chi connectivity index (χ1v) is 7.53. The van der Waals surface area contributed by atoms with Crippen LogP contribution in [0.15, 0.2) is 48.8 Å². The van der Waals surface area contributed by atoms with Crippen molar-refractivity contribution in [3.8, 4) is 0 Å². The fraction of sp³-hybridized carbons (Fsp3) is 0.118. The predicted octanol–water partition coefficient (Wildman–Crippen LogP) is 4.02. The van der Waals surface area contributed by atoms with Gasteiger partial charge in [0.2, 0.25) is 17.8 Å². The lowest BCUT2D eigenvalue weighted by Crippen LogP contribution is -2.38. The molecule has 0 aliphatic heterocycles. The molecular weight excluding hydrogens is 319 g/mol. The van der Waals surface area contributed by atoms with Gasteiger partial charge in [-0.2, -0.15) is 4.57 Å². The average Bonchev–Trinajstić information content (AvgIpc) is 2.47. The van der Waals surface area contributed by atoms with E-state index in [2.05, 4.69) is 4.98 Å². The van der Waals surface area contributed by atoms with Crippen LogP contribution in [0.25, 0.3) is 11.0 Å². The van der Waals surface area contributed by atoms with Crippen molar-refractivity contribution in [1.82, 2.24) is 4.98 Å². The van der Waals surface area contributed by atoms with Gasteiger partial charge in [0.25, 0.3) is 0 Å². The Hall–Kier alpha value is -1.97. The standard InChI is InChI=1S/C17H13Cl2N2O/c1-11-2-5-16-15(8-11)20-6-7-21(16)10-17(22)13-4-3-12(18)9-14(13)19/h2-9H,10H2,1H3/q+1. The van der Waals surface area contributed by atoms with E-state index in [0.29, 0.717) is 15.6 Å². The number of carbonyl (C=O) groups is 1. The molecule has 0 aliphatic carbocycles. The summed E-state index contributed by atoms with van der Waals surface area (Å²) in [4.78, 5) is 16.8. The number of nitrogens with zero attached hydrogens (tertiary/aromatic N) is 2. The van der Waals surface area contributed by atoms with E-state index in [4.69, 9.17) is 23.2 Å². The molecule has 0 atom stereocenters. The zero-order valence-electron chi connectivity index (χ0n) is 11.9. The smallest absolute Gasteiger partial charge is 0.231 e. The molecule has 0 radical (unpaired) electrons. The fourth-order valence-electron chi connectivity index (χ4n) is 2.35. The number of aromatic nitrogens is 2. The van der Waals surface area contributed by atoms with Crippen LogP contribution < -0.4 is 4.57 Å². The van der Waals surface area contributed by atoms with Crippen molar-refractivity contribution in [1.29, 1.82) is 0 Å². The Morgan fingerprint density at radius 1 is 1.18 bits per heavy atom. The Morgan fingerprint density at radius 2 is 2.00 bits per heavy atom. The summed E-state index contributed by atoms with van der Waals surface area (Å²) in [6.07, 6.45) is 3.48. The van der Waals surface area contributed by atoms with Gasteiger partial charge in [-0.1, -0.05) is 29.3 Å². The van der Waals surface area contributed by atoms with Gasteiger partial charge in [-0.05, 0) is 36.8 Å². The monoisotopic (exact) mass is 331 g/mol. The molecule has 0 unspecified atom stereocenters. The molecule has 0 N–H and O–H groups in total. The van der Waals surface area contributed by atoms with Crippen LogP contribution in [0, 0.1) is 6.92 Å². The maximum absolute atomic E-state index is 12.5. The van der Waals surface area contributed by atoms with Crippen LogP contribution in [-0.2, 0) is 6.54 Å². The molecule has 0 saturated heterocycles. The van der Waals surface area contributed by atoms with Gasteiger partial charge < -0.3 is 0 Å². The van der Waals surface area contributed by atoms with Crippen LogP contribution in [0.5, 0.6) is 0 Å². The lowest BCUT2D eigenvalue weighted by atomic mass is 10.1. The minimum Gasteiger partial charge on any atom is -0.287 e. The highest BCUT2D eigenvalue weighted by Gasteiger charge is 2.18. The normalized spacial score (nSPS) is 10.9. The summed E-state index contributed by atoms with van der Waals surface area (Å²) in [5.41, 5.74) is 3.37. The van der Waals surface area contributed by atoms with Gasteiger partial charge in [0.15, 0.2) is 6.20 Å². The average molecular weight is 332 g/mol. The molecule has 3 nitrogen and oxygen atoms in total. The quantitative estimate of drug-likeness (QED) is 0.536. The van der Waals surface area contributed by atoms with Crippen molar-refractivity contribution >= 4 is 40.0 Å². The third kappa shape index (κ3) is 2.96. The topological polar surface area (TPSA) is 33.8 Å². The van der Waals surface area contributed by atoms with Crippen molar-refractivity contribution in [2.24, 2.45) is 0 Å². The minimum atomic E-state index is -0.0697. The van der Waals surface area contributed by atoms with Crippen LogP contribution in [0.2, 0.25) is 10.0 Å². The number of fused-ring (bicyclic) bond motifs is 1. The lowest BCUT2D eigenvalue weighted by molar-refractivity contribution is -0.657. The number of rotatable bonds is 3. The highest BCUT2D eigenvalue weighted by Crippen LogP contribution is 2.21. The Bertz CT molecular complexity index is 878. The van der Waals surface area contributed by atoms with Crippen molar-refractivity contribution in [2.75, 3.05) is 0 Å². The highest BCUT2D eigenvalue weighted by atomic mass is 35.5. The maximum Gasteiger partial charge on any atom is 0.231 e. The van der Waals surface area contributed by atoms with Crippen molar-refractivity contribution in [2.45, 2.75) is 13.5 Å². The van der Waals surface area contributed by atoms with E-state index >= 15 is 0 Å². The van der Waals surface area contributed by atoms with Crippen LogP contribution in [-0.4, -0.2) is 10.8 Å². The van der Waals surface area contributed by atoms with E-state index in [1.54, 1.807) is 30.6 Å². The number of benzene rings is 2. The van der Waals surface area contributed by atoms with E-state index in [9.17, 15) is 4.79 Å². The summed E-state index contributed by atoms with van der Waals surface area (Å²) in [5.74, 6) is -0.0697. The first kappa shape index (κ1) is 14.9. The Kier molecular flexibility index (Phi) is 4.10. The second kappa shape index (κ2) is 6.03. The van der Waals surface area contributed by atoms with Gasteiger partial charge >= 0.3 is 0 Å². The number of carbonyl (C=O) groups excluding carboxylic acids is 1. The number of Topliss-reactive ketones (excluding diaryl/α,β-unsaturated/α-hetero) is 1. The zero-order valence-corrected chi connectivity index (χ0v) is 13.4. The van der Waals surface area contributed by atoms with Crippen LogP contribution >= 0.6 is 23.2 Å². The summed E-state index contributed by atoms with van der Waals surface area (Å²) in [6.45, 7) is 2.21. The molecule has 1 heterocycles. The molecule has 2 aromatic carbocycles. The predicted molar refractivity (Wildman–Crippen MR) is 87.5 cm³/mol. The van der Waals surface area contributed by atoms with Crippen LogP contribution in [0.4, 0.5) is 0 Å². The zero-order chi connectivity index (χ0) is 15.7. The molecule has 0 aliphatic rings. The first-order chi connectivity index (χ1) is 10.5.